The Morgan fingerprint density at radius 1 is 0.418 bits per heavy atom. The molecule has 5 aliphatic heterocycles. The Balaban J connectivity index is 0.000000127. The number of nitriles is 1. The van der Waals surface area contributed by atoms with Crippen LogP contribution in [0.2, 0.25) is 0 Å². The van der Waals surface area contributed by atoms with Crippen molar-refractivity contribution >= 4 is 84.1 Å². The van der Waals surface area contributed by atoms with Crippen molar-refractivity contribution in [2.75, 3.05) is 79.2 Å². The summed E-state index contributed by atoms with van der Waals surface area (Å²) in [5.74, 6) is -3.49. The molecule has 0 saturated carbocycles. The maximum absolute atomic E-state index is 13.4. The molecule has 0 spiro atoms. The van der Waals surface area contributed by atoms with Crippen molar-refractivity contribution < 1.29 is 56.1 Å². The summed E-state index contributed by atoms with van der Waals surface area (Å²) in [5, 5.41) is 26.1. The normalized spacial score (nSPS) is 18.6. The molecule has 141 heavy (non-hydrogen) atoms. The number of nitrogens with zero attached hydrogens (tertiary/aromatic N) is 15. The summed E-state index contributed by atoms with van der Waals surface area (Å²) >= 11 is 0. The number of ether oxygens (including phenoxy) is 4. The third-order valence-corrected chi connectivity index (χ3v) is 25.8. The fourth-order valence-electron chi connectivity index (χ4n) is 19.2. The van der Waals surface area contributed by atoms with Crippen LogP contribution < -0.4 is 28.3 Å². The van der Waals surface area contributed by atoms with Gasteiger partial charge in [-0.15, -0.1) is 0 Å². The maximum atomic E-state index is 13.4. The van der Waals surface area contributed by atoms with Crippen molar-refractivity contribution in [1.29, 1.82) is 5.26 Å². The van der Waals surface area contributed by atoms with Crippen molar-refractivity contribution in [3.05, 3.63) is 293 Å². The van der Waals surface area contributed by atoms with Gasteiger partial charge in [0.1, 0.15) is 58.0 Å². The minimum absolute atomic E-state index is 0.146. The molecule has 20 rings (SSSR count). The van der Waals surface area contributed by atoms with E-state index in [-0.39, 0.29) is 76.7 Å². The van der Waals surface area contributed by atoms with E-state index in [1.807, 2.05) is 87.3 Å². The molecular weight excluding hydrogens is 1790 g/mol. The van der Waals surface area contributed by atoms with Crippen LogP contribution in [0.4, 0.5) is 13.2 Å². The Hall–Kier alpha value is -14.5. The Bertz CT molecular complexity index is 7140. The van der Waals surface area contributed by atoms with Gasteiger partial charge in [0.05, 0.1) is 84.7 Å². The van der Waals surface area contributed by atoms with E-state index < -0.39 is 23.6 Å². The summed E-state index contributed by atoms with van der Waals surface area (Å²) in [6.45, 7) is 26.4. The van der Waals surface area contributed by atoms with Crippen LogP contribution >= 0.6 is 0 Å². The minimum Gasteiger partial charge on any atom is -0.468 e. The first-order valence-electron chi connectivity index (χ1n) is 47.3. The highest BCUT2D eigenvalue weighted by Gasteiger charge is 2.33. The fourth-order valence-corrected chi connectivity index (χ4v) is 19.2. The maximum Gasteiger partial charge on any atom is 0.323 e. The average Bonchev–Trinajstić information content (AvgIpc) is 1.79. The van der Waals surface area contributed by atoms with E-state index in [2.05, 4.69) is 155 Å². The summed E-state index contributed by atoms with van der Waals surface area (Å²) in [7, 11) is 5.16. The predicted molar refractivity (Wildman–Crippen MR) is 538 cm³/mol. The molecule has 15 aromatic rings. The summed E-state index contributed by atoms with van der Waals surface area (Å²) in [6.07, 6.45) is 10.1. The number of amides is 4. The zero-order valence-corrected chi connectivity index (χ0v) is 80.4. The van der Waals surface area contributed by atoms with Gasteiger partial charge in [0.15, 0.2) is 0 Å². The topological polar surface area (TPSA) is 378 Å². The van der Waals surface area contributed by atoms with E-state index >= 15 is 0 Å². The van der Waals surface area contributed by atoms with Gasteiger partial charge in [-0.1, -0.05) is 97.1 Å². The van der Waals surface area contributed by atoms with Gasteiger partial charge in [-0.2, -0.15) is 15.5 Å². The van der Waals surface area contributed by atoms with E-state index in [1.54, 1.807) is 76.2 Å². The molecule has 29 nitrogen and oxygen atoms in total. The van der Waals surface area contributed by atoms with Gasteiger partial charge >= 0.3 is 5.97 Å². The SMILES string of the molecule is CC1CN(Cc2ccc3c(-c4ccc(F)cc4)cc(C(N)=O)nc3c2)[C@@H](C)CN1.COC(=O)[C@@H]1CCCN1Cc1ccc2c(-c3ccc(F)cc3)cc(C(N)=O)nc2c1.C[C@@H]1CN(Cc2ccc3c(-c4cnn(C)c4)cc(C#N)nc3c2)C[C@H](C)O1.C[C@@H]1CN(Cc2ccc3c(-c4cnn(C)c4)cc(C(N)=O)nc3c2)C[C@H](C)O1.NC(=O)c1cc(-c2ccc(F)cc2)c2ccc(CN3CCOCC3)cc2n1. The van der Waals surface area contributed by atoms with E-state index in [1.165, 1.54) is 49.1 Å². The number of carbonyl (C=O) groups is 5. The van der Waals surface area contributed by atoms with Crippen LogP contribution in [0.5, 0.6) is 0 Å². The van der Waals surface area contributed by atoms with E-state index in [4.69, 9.17) is 41.9 Å². The van der Waals surface area contributed by atoms with Crippen LogP contribution in [0.15, 0.2) is 219 Å². The molecule has 0 bridgehead atoms. The molecule has 0 radical (unpaired) electrons. The lowest BCUT2D eigenvalue weighted by Gasteiger charge is -2.37. The Morgan fingerprint density at radius 2 is 0.752 bits per heavy atom. The smallest absolute Gasteiger partial charge is 0.323 e. The number of nitrogens with two attached hydrogens (primary N) is 4. The lowest BCUT2D eigenvalue weighted by molar-refractivity contribution is -0.146. The molecule has 0 aliphatic carbocycles. The van der Waals surface area contributed by atoms with Crippen molar-refractivity contribution in [3.8, 4) is 61.7 Å². The number of carbonyl (C=O) groups excluding carboxylic acids is 5. The van der Waals surface area contributed by atoms with Crippen LogP contribution in [0.1, 0.15) is 130 Å². The van der Waals surface area contributed by atoms with Crippen molar-refractivity contribution in [2.24, 2.45) is 37.0 Å². The summed E-state index contributed by atoms with van der Waals surface area (Å²) in [6, 6.07) is 60.5. The van der Waals surface area contributed by atoms with Crippen LogP contribution in [0.3, 0.4) is 0 Å². The zero-order valence-electron chi connectivity index (χ0n) is 80.4. The fraction of sp³-hybridized carbons (Fsp3) is 0.312. The van der Waals surface area contributed by atoms with Crippen molar-refractivity contribution in [1.82, 2.24) is 74.3 Å². The number of aromatic nitrogens is 9. The lowest BCUT2D eigenvalue weighted by Crippen LogP contribution is -2.53. The number of piperazine rings is 1. The number of morpholine rings is 3. The van der Waals surface area contributed by atoms with Gasteiger partial charge in [-0.05, 0) is 230 Å². The predicted octanol–water partition coefficient (Wildman–Crippen LogP) is 15.0. The molecule has 5 aliphatic rings. The van der Waals surface area contributed by atoms with Crippen LogP contribution in [0.25, 0.3) is 110 Å². The number of halogens is 3. The molecule has 32 heteroatoms. The third-order valence-electron chi connectivity index (χ3n) is 25.8. The molecule has 7 atom stereocenters. The second-order valence-electron chi connectivity index (χ2n) is 37.0. The largest absolute Gasteiger partial charge is 0.468 e. The first-order valence-corrected chi connectivity index (χ1v) is 47.3. The van der Waals surface area contributed by atoms with E-state index in [9.17, 15) is 42.4 Å². The van der Waals surface area contributed by atoms with Crippen molar-refractivity contribution in [2.45, 2.75) is 130 Å². The number of aryl methyl sites for hydroxylation is 2. The van der Waals surface area contributed by atoms with Crippen LogP contribution in [0, 0.1) is 28.8 Å². The molecule has 726 valence electrons. The number of nitrogens with one attached hydrogen (secondary N) is 1. The number of methoxy groups -OCH3 is 1. The van der Waals surface area contributed by atoms with Gasteiger partial charge < -0.3 is 47.2 Å². The number of hydrogen-bond acceptors (Lipinski definition) is 23. The molecule has 5 fully saturated rings. The number of hydrogen-bond donors (Lipinski definition) is 5. The molecule has 12 heterocycles. The molecule has 4 amide bonds. The van der Waals surface area contributed by atoms with Crippen molar-refractivity contribution in [3.63, 3.8) is 0 Å². The second-order valence-corrected chi connectivity index (χ2v) is 37.0. The number of likely N-dealkylation sites (tertiary alicyclic amines) is 1. The highest BCUT2D eigenvalue weighted by Crippen LogP contribution is 2.38. The zero-order chi connectivity index (χ0) is 99.4. The number of benzene rings is 8. The highest BCUT2D eigenvalue weighted by molar-refractivity contribution is 6.05. The Labute approximate surface area is 815 Å². The van der Waals surface area contributed by atoms with Gasteiger partial charge in [0, 0.05) is 162 Å². The standard InChI is InChI=1S/C23H25FN4O.C23H22FN3O3.C21H20FN3O2.C21H25N5O2.C21H23N5O/c1-14-12-28(15(2)11-26-14)13-16-3-8-19-20(17-4-6-18(24)7-5-17)10-22(23(25)29)27-21(19)9-16;1-30-23(29)21-3-2-10-27(21)13-14-4-9-17-18(15-5-7-16(24)8-6-15)12-20(22(25)28)26-19(17)11-14;22-16-4-2-15(3-5-16)18-12-20(21(23)26)24-19-11-14(1-6-17(18)19)13-25-7-9-27-10-8-25;1-13-9-26(10-14(2)28-13)11-15-4-5-17-18(16-8-23-25(3)12-16)7-20(21(22)27)24-19(17)6-15;1-14-10-26(11-15(2)27-14)12-16-4-5-19-20(17-9-23-25(3)13-17)7-18(8-22)24-21(19)6-16/h3-10,14-15,26H,11-13H2,1-2H3,(H2,25,29);4-9,11-12,21H,2-3,10,13H2,1H3,(H2,25,28);1-6,11-12H,7-10,13H2,(H2,23,26);4-8,12-14H,9-11H2,1-3H3,(H2,22,27);4-7,9,13-15H,10-12H2,1-3H3/t14?,15-;21-;;13-,14+;14-,15+/m00.../s1. The van der Waals surface area contributed by atoms with E-state index in [0.29, 0.717) is 40.9 Å². The van der Waals surface area contributed by atoms with E-state index in [0.717, 1.165) is 227 Å². The quantitative estimate of drug-likeness (QED) is 0.0442. The first kappa shape index (κ1) is 99.5. The lowest BCUT2D eigenvalue weighted by atomic mass is 9.98. The summed E-state index contributed by atoms with van der Waals surface area (Å²) in [4.78, 5) is 93.3. The van der Waals surface area contributed by atoms with Gasteiger partial charge in [0.25, 0.3) is 23.6 Å². The monoisotopic (exact) mass is 1900 g/mol. The third kappa shape index (κ3) is 24.9. The number of rotatable bonds is 20. The van der Waals surface area contributed by atoms with Gasteiger partial charge in [-0.3, -0.25) is 57.8 Å². The number of fused-ring (bicyclic) bond motifs is 5. The summed E-state index contributed by atoms with van der Waals surface area (Å²) in [5.41, 5.74) is 41.1. The average molecular weight is 1910 g/mol. The molecule has 1 unspecified atom stereocenters. The molecule has 9 N–H and O–H groups in total. The Morgan fingerprint density at radius 3 is 1.09 bits per heavy atom. The second kappa shape index (κ2) is 44.7. The summed E-state index contributed by atoms with van der Waals surface area (Å²) < 4.78 is 65.5. The van der Waals surface area contributed by atoms with Gasteiger partial charge in [0.2, 0.25) is 0 Å². The molecular formula is C109H115F3N20O9. The Kier molecular flexibility index (Phi) is 31.6. The molecule has 7 aromatic heterocycles. The van der Waals surface area contributed by atoms with Crippen LogP contribution in [-0.4, -0.2) is 220 Å². The number of pyridine rings is 5. The molecule has 8 aromatic carbocycles. The number of primary amides is 4. The highest BCUT2D eigenvalue weighted by atomic mass is 19.1. The van der Waals surface area contributed by atoms with Crippen LogP contribution in [-0.2, 0) is 70.6 Å². The van der Waals surface area contributed by atoms with Gasteiger partial charge in [-0.25, -0.2) is 38.1 Å². The minimum atomic E-state index is -0.629. The molecule has 5 saturated heterocycles. The first-order chi connectivity index (χ1) is 67.9. The number of esters is 1.